The summed E-state index contributed by atoms with van der Waals surface area (Å²) in [6, 6.07) is 11.9. The predicted molar refractivity (Wildman–Crippen MR) is 95.9 cm³/mol. The summed E-state index contributed by atoms with van der Waals surface area (Å²) < 4.78 is 0. The highest BCUT2D eigenvalue weighted by molar-refractivity contribution is 6.33. The second-order valence-electron chi connectivity index (χ2n) is 6.57. The van der Waals surface area contributed by atoms with Gasteiger partial charge in [-0.3, -0.25) is 0 Å². The van der Waals surface area contributed by atoms with Crippen molar-refractivity contribution in [2.24, 2.45) is 5.92 Å². The molecule has 0 unspecified atom stereocenters. The van der Waals surface area contributed by atoms with Crippen molar-refractivity contribution in [3.8, 4) is 0 Å². The fraction of sp³-hybridized carbons (Fsp3) is 0.250. The van der Waals surface area contributed by atoms with Crippen LogP contribution >= 0.6 is 11.6 Å². The van der Waals surface area contributed by atoms with Gasteiger partial charge < -0.3 is 10.4 Å². The first-order chi connectivity index (χ1) is 11.6. The number of benzene rings is 2. The number of carboxylic acids is 1. The van der Waals surface area contributed by atoms with Crippen molar-refractivity contribution in [1.82, 2.24) is 0 Å². The van der Waals surface area contributed by atoms with E-state index in [0.29, 0.717) is 16.5 Å². The zero-order valence-corrected chi connectivity index (χ0v) is 14.0. The molecule has 0 spiro atoms. The zero-order valence-electron chi connectivity index (χ0n) is 13.3. The minimum Gasteiger partial charge on any atom is -0.478 e. The molecule has 2 aromatic rings. The number of anilines is 1. The van der Waals surface area contributed by atoms with Gasteiger partial charge in [0.15, 0.2) is 0 Å². The average molecular weight is 340 g/mol. The van der Waals surface area contributed by atoms with Crippen LogP contribution in [0.5, 0.6) is 0 Å². The average Bonchev–Trinajstić information content (AvgIpc) is 3.05. The summed E-state index contributed by atoms with van der Waals surface area (Å²) >= 11 is 6.41. The van der Waals surface area contributed by atoms with Crippen molar-refractivity contribution in [3.05, 3.63) is 75.8 Å². The van der Waals surface area contributed by atoms with E-state index in [-0.39, 0.29) is 12.0 Å². The fourth-order valence-corrected chi connectivity index (χ4v) is 4.18. The molecule has 3 atom stereocenters. The van der Waals surface area contributed by atoms with Gasteiger partial charge in [0.05, 0.1) is 22.3 Å². The Morgan fingerprint density at radius 1 is 1.21 bits per heavy atom. The van der Waals surface area contributed by atoms with Gasteiger partial charge in [-0.05, 0) is 42.5 Å². The van der Waals surface area contributed by atoms with Crippen LogP contribution in [-0.4, -0.2) is 11.1 Å². The molecule has 0 aromatic heterocycles. The molecule has 1 aliphatic carbocycles. The molecule has 4 rings (SSSR count). The van der Waals surface area contributed by atoms with Gasteiger partial charge in [-0.15, -0.1) is 0 Å². The molecule has 2 aliphatic rings. The van der Waals surface area contributed by atoms with Crippen LogP contribution in [-0.2, 0) is 0 Å². The first kappa shape index (κ1) is 15.3. The van der Waals surface area contributed by atoms with Gasteiger partial charge in [0, 0.05) is 5.92 Å². The Bertz CT molecular complexity index is 841. The number of hydrogen-bond donors (Lipinski definition) is 2. The zero-order chi connectivity index (χ0) is 16.8. The molecular formula is C20H18ClNO2. The number of rotatable bonds is 2. The third-order valence-electron chi connectivity index (χ3n) is 5.14. The SMILES string of the molecule is Cc1ccc([C@@H]2Nc3c(Cl)ccc(C(=O)O)c3[C@@H]3C=CC[C@@H]32)cc1. The van der Waals surface area contributed by atoms with Gasteiger partial charge in [0.25, 0.3) is 0 Å². The van der Waals surface area contributed by atoms with Crippen LogP contribution in [0.2, 0.25) is 5.02 Å². The normalized spacial score (nSPS) is 24.2. The van der Waals surface area contributed by atoms with Crippen molar-refractivity contribution in [3.63, 3.8) is 0 Å². The Morgan fingerprint density at radius 3 is 2.67 bits per heavy atom. The van der Waals surface area contributed by atoms with Crippen LogP contribution in [0.15, 0.2) is 48.6 Å². The summed E-state index contributed by atoms with van der Waals surface area (Å²) in [6.07, 6.45) is 5.22. The fourth-order valence-electron chi connectivity index (χ4n) is 3.96. The Labute approximate surface area is 146 Å². The highest BCUT2D eigenvalue weighted by Crippen LogP contribution is 2.52. The third-order valence-corrected chi connectivity index (χ3v) is 5.45. The van der Waals surface area contributed by atoms with E-state index in [0.717, 1.165) is 17.7 Å². The number of halogens is 1. The van der Waals surface area contributed by atoms with Crippen LogP contribution in [0.3, 0.4) is 0 Å². The summed E-state index contributed by atoms with van der Waals surface area (Å²) in [7, 11) is 0. The van der Waals surface area contributed by atoms with Crippen molar-refractivity contribution < 1.29 is 9.90 Å². The van der Waals surface area contributed by atoms with E-state index in [1.54, 1.807) is 12.1 Å². The van der Waals surface area contributed by atoms with Crippen molar-refractivity contribution >= 4 is 23.3 Å². The van der Waals surface area contributed by atoms with Crippen LogP contribution in [0.1, 0.15) is 45.4 Å². The van der Waals surface area contributed by atoms with Gasteiger partial charge in [-0.1, -0.05) is 53.6 Å². The lowest BCUT2D eigenvalue weighted by Crippen LogP contribution is -2.30. The van der Waals surface area contributed by atoms with E-state index in [4.69, 9.17) is 11.6 Å². The quantitative estimate of drug-likeness (QED) is 0.742. The van der Waals surface area contributed by atoms with Crippen LogP contribution in [0.4, 0.5) is 5.69 Å². The Morgan fingerprint density at radius 2 is 1.96 bits per heavy atom. The molecule has 24 heavy (non-hydrogen) atoms. The number of carbonyl (C=O) groups is 1. The number of allylic oxidation sites excluding steroid dienone is 2. The third kappa shape index (κ3) is 2.31. The number of aryl methyl sites for hydroxylation is 1. The Hall–Kier alpha value is -2.26. The molecule has 1 aliphatic heterocycles. The Balaban J connectivity index is 1.86. The largest absolute Gasteiger partial charge is 0.478 e. The van der Waals surface area contributed by atoms with Crippen molar-refractivity contribution in [2.45, 2.75) is 25.3 Å². The molecule has 122 valence electrons. The topological polar surface area (TPSA) is 49.3 Å². The lowest BCUT2D eigenvalue weighted by atomic mass is 9.75. The van der Waals surface area contributed by atoms with Gasteiger partial charge in [0.2, 0.25) is 0 Å². The number of carboxylic acid groups (broad SMARTS) is 1. The van der Waals surface area contributed by atoms with Gasteiger partial charge in [-0.2, -0.15) is 0 Å². The molecule has 2 N–H and O–H groups in total. The van der Waals surface area contributed by atoms with Crippen LogP contribution < -0.4 is 5.32 Å². The van der Waals surface area contributed by atoms with Crippen LogP contribution in [0, 0.1) is 12.8 Å². The van der Waals surface area contributed by atoms with Crippen molar-refractivity contribution in [2.75, 3.05) is 5.32 Å². The minimum absolute atomic E-state index is 0.0809. The molecule has 2 aromatic carbocycles. The van der Waals surface area contributed by atoms with E-state index < -0.39 is 5.97 Å². The maximum atomic E-state index is 11.7. The van der Waals surface area contributed by atoms with E-state index in [2.05, 4.69) is 48.7 Å². The molecule has 0 amide bonds. The van der Waals surface area contributed by atoms with Gasteiger partial charge in [-0.25, -0.2) is 4.79 Å². The molecule has 3 nitrogen and oxygen atoms in total. The number of aromatic carboxylic acids is 1. The summed E-state index contributed by atoms with van der Waals surface area (Å²) in [6.45, 7) is 2.07. The summed E-state index contributed by atoms with van der Waals surface area (Å²) in [4.78, 5) is 11.7. The predicted octanol–water partition coefficient (Wildman–Crippen LogP) is 5.17. The first-order valence-electron chi connectivity index (χ1n) is 8.11. The minimum atomic E-state index is -0.905. The summed E-state index contributed by atoms with van der Waals surface area (Å²) in [5.41, 5.74) is 4.35. The van der Waals surface area contributed by atoms with Gasteiger partial charge >= 0.3 is 5.97 Å². The molecule has 1 heterocycles. The molecular weight excluding hydrogens is 322 g/mol. The summed E-state index contributed by atoms with van der Waals surface area (Å²) in [5, 5.41) is 13.7. The standard InChI is InChI=1S/C20H18ClNO2/c1-11-5-7-12(8-6-11)18-14-4-2-3-13(14)17-15(20(23)24)9-10-16(21)19(17)22-18/h2-3,5-10,13-14,18,22H,4H2,1H3,(H,23,24)/t13-,14+,18+/m1/s1. The lowest BCUT2D eigenvalue weighted by Gasteiger charge is -2.38. The smallest absolute Gasteiger partial charge is 0.336 e. The highest BCUT2D eigenvalue weighted by Gasteiger charge is 2.40. The molecule has 4 heteroatoms. The second kappa shape index (κ2) is 5.67. The van der Waals surface area contributed by atoms with E-state index in [9.17, 15) is 9.90 Å². The van der Waals surface area contributed by atoms with Crippen LogP contribution in [0.25, 0.3) is 0 Å². The van der Waals surface area contributed by atoms with E-state index in [1.807, 2.05) is 0 Å². The Kier molecular flexibility index (Phi) is 3.61. The second-order valence-corrected chi connectivity index (χ2v) is 6.98. The first-order valence-corrected chi connectivity index (χ1v) is 8.49. The van der Waals surface area contributed by atoms with Crippen molar-refractivity contribution in [1.29, 1.82) is 0 Å². The van der Waals surface area contributed by atoms with E-state index >= 15 is 0 Å². The monoisotopic (exact) mass is 339 g/mol. The highest BCUT2D eigenvalue weighted by atomic mass is 35.5. The number of nitrogens with one attached hydrogen (secondary N) is 1. The molecule has 0 bridgehead atoms. The van der Waals surface area contributed by atoms with E-state index in [1.165, 1.54) is 11.1 Å². The molecule has 0 fully saturated rings. The lowest BCUT2D eigenvalue weighted by molar-refractivity contribution is 0.0695. The molecule has 0 radical (unpaired) electrons. The van der Waals surface area contributed by atoms with Gasteiger partial charge in [0.1, 0.15) is 0 Å². The number of fused-ring (bicyclic) bond motifs is 3. The maximum absolute atomic E-state index is 11.7. The number of hydrogen-bond acceptors (Lipinski definition) is 2. The molecule has 0 saturated heterocycles. The maximum Gasteiger partial charge on any atom is 0.336 e. The molecule has 0 saturated carbocycles. The summed E-state index contributed by atoms with van der Waals surface area (Å²) in [5.74, 6) is -0.522.